The van der Waals surface area contributed by atoms with Gasteiger partial charge >= 0.3 is 0 Å². The molecule has 2 aromatic carbocycles. The fraction of sp³-hybridized carbons (Fsp3) is 0.0952. The molecule has 0 spiro atoms. The molecular formula is C21H17N3O3. The highest BCUT2D eigenvalue weighted by atomic mass is 16.3. The van der Waals surface area contributed by atoms with Gasteiger partial charge in [-0.2, -0.15) is 0 Å². The number of rotatable bonds is 2. The van der Waals surface area contributed by atoms with E-state index in [1.54, 1.807) is 6.07 Å². The van der Waals surface area contributed by atoms with Crippen molar-refractivity contribution < 1.29 is 5.11 Å². The summed E-state index contributed by atoms with van der Waals surface area (Å²) in [5, 5.41) is 11.9. The van der Waals surface area contributed by atoms with Crippen LogP contribution in [-0.2, 0) is 0 Å². The summed E-state index contributed by atoms with van der Waals surface area (Å²) in [6, 6.07) is 12.4. The van der Waals surface area contributed by atoms with E-state index in [4.69, 9.17) is 0 Å². The highest BCUT2D eigenvalue weighted by molar-refractivity contribution is 5.98. The van der Waals surface area contributed by atoms with Gasteiger partial charge < -0.3 is 15.1 Å². The average Bonchev–Trinajstić information content (AvgIpc) is 2.63. The zero-order chi connectivity index (χ0) is 19.1. The van der Waals surface area contributed by atoms with Crippen LogP contribution in [0.5, 0.6) is 5.75 Å². The summed E-state index contributed by atoms with van der Waals surface area (Å²) in [4.78, 5) is 34.3. The van der Waals surface area contributed by atoms with Gasteiger partial charge in [-0.3, -0.25) is 14.6 Å². The number of fused-ring (bicyclic) bond motifs is 2. The number of benzene rings is 2. The van der Waals surface area contributed by atoms with Gasteiger partial charge in [0.25, 0.3) is 11.1 Å². The van der Waals surface area contributed by atoms with Crippen molar-refractivity contribution in [2.75, 3.05) is 0 Å². The Hall–Kier alpha value is -3.67. The quantitative estimate of drug-likeness (QED) is 0.478. The molecule has 0 saturated heterocycles. The highest BCUT2D eigenvalue weighted by Gasteiger charge is 2.12. The van der Waals surface area contributed by atoms with Crippen molar-refractivity contribution in [3.63, 3.8) is 0 Å². The molecule has 0 saturated carbocycles. The van der Waals surface area contributed by atoms with Crippen molar-refractivity contribution in [2.45, 2.75) is 13.8 Å². The number of hydrogen-bond acceptors (Lipinski definition) is 4. The highest BCUT2D eigenvalue weighted by Crippen LogP contribution is 2.27. The predicted octanol–water partition coefficient (Wildman–Crippen LogP) is 3.44. The predicted molar refractivity (Wildman–Crippen MR) is 108 cm³/mol. The van der Waals surface area contributed by atoms with Crippen molar-refractivity contribution in [2.24, 2.45) is 4.99 Å². The maximum atomic E-state index is 12.4. The van der Waals surface area contributed by atoms with Crippen LogP contribution in [-0.4, -0.2) is 21.3 Å². The second-order valence-electron chi connectivity index (χ2n) is 6.49. The first-order valence-corrected chi connectivity index (χ1v) is 8.47. The number of H-pyrrole nitrogens is 2. The van der Waals surface area contributed by atoms with Gasteiger partial charge in [-0.15, -0.1) is 0 Å². The van der Waals surface area contributed by atoms with Crippen LogP contribution >= 0.6 is 0 Å². The number of pyridine rings is 2. The lowest BCUT2D eigenvalue weighted by Gasteiger charge is -2.07. The topological polar surface area (TPSA) is 98.3 Å². The molecule has 2 aromatic heterocycles. The number of aliphatic imine (C=N–C) groups is 1. The van der Waals surface area contributed by atoms with Crippen LogP contribution in [0.2, 0.25) is 0 Å². The molecule has 27 heavy (non-hydrogen) atoms. The van der Waals surface area contributed by atoms with Gasteiger partial charge in [0.2, 0.25) is 0 Å². The van der Waals surface area contributed by atoms with Gasteiger partial charge in [0.05, 0.1) is 16.7 Å². The molecule has 0 aliphatic carbocycles. The summed E-state index contributed by atoms with van der Waals surface area (Å²) in [7, 11) is 0. The zero-order valence-electron chi connectivity index (χ0n) is 14.8. The summed E-state index contributed by atoms with van der Waals surface area (Å²) in [5.41, 5.74) is 2.83. The molecule has 4 aromatic rings. The van der Waals surface area contributed by atoms with Gasteiger partial charge in [0.1, 0.15) is 11.3 Å². The lowest BCUT2D eigenvalue weighted by atomic mass is 10.1. The number of aryl methyl sites for hydroxylation is 2. The molecule has 0 fully saturated rings. The Bertz CT molecular complexity index is 1350. The van der Waals surface area contributed by atoms with Crippen LogP contribution in [0, 0.1) is 13.8 Å². The Labute approximate surface area is 153 Å². The van der Waals surface area contributed by atoms with Crippen LogP contribution in [0.4, 0.5) is 5.69 Å². The van der Waals surface area contributed by atoms with E-state index < -0.39 is 5.56 Å². The standard InChI is InChI=1S/C21H17N3O3/c1-11-5-3-7-13-16(9-17(25)23-18(11)13)22-10-15-20(26)14-8-4-6-12(2)19(14)24-21(15)27/h3-10H,1-2H3,(H,23,25)(H2,24,26,27). The molecular weight excluding hydrogens is 342 g/mol. The van der Waals surface area contributed by atoms with Crippen molar-refractivity contribution in [1.82, 2.24) is 9.97 Å². The third-order valence-corrected chi connectivity index (χ3v) is 4.66. The molecule has 4 rings (SSSR count). The summed E-state index contributed by atoms with van der Waals surface area (Å²) in [6.45, 7) is 3.75. The van der Waals surface area contributed by atoms with E-state index in [1.807, 2.05) is 44.2 Å². The number of aromatic nitrogens is 2. The summed E-state index contributed by atoms with van der Waals surface area (Å²) in [5.74, 6) is -0.133. The maximum absolute atomic E-state index is 12.4. The molecule has 0 amide bonds. The van der Waals surface area contributed by atoms with Crippen molar-refractivity contribution in [3.05, 3.63) is 79.9 Å². The summed E-state index contributed by atoms with van der Waals surface area (Å²) in [6.07, 6.45) is 1.30. The minimum atomic E-state index is -0.441. The smallest absolute Gasteiger partial charge is 0.261 e. The Balaban J connectivity index is 1.92. The molecule has 6 nitrogen and oxygen atoms in total. The van der Waals surface area contributed by atoms with E-state index in [9.17, 15) is 14.7 Å². The van der Waals surface area contributed by atoms with E-state index in [-0.39, 0.29) is 16.9 Å². The van der Waals surface area contributed by atoms with E-state index in [0.717, 1.165) is 16.5 Å². The maximum Gasteiger partial charge on any atom is 0.261 e. The van der Waals surface area contributed by atoms with Crippen molar-refractivity contribution in [3.8, 4) is 5.75 Å². The fourth-order valence-electron chi connectivity index (χ4n) is 3.23. The van der Waals surface area contributed by atoms with E-state index >= 15 is 0 Å². The summed E-state index contributed by atoms with van der Waals surface area (Å²) >= 11 is 0. The van der Waals surface area contributed by atoms with E-state index in [0.29, 0.717) is 22.1 Å². The third-order valence-electron chi connectivity index (χ3n) is 4.66. The number of aromatic hydroxyl groups is 1. The minimum Gasteiger partial charge on any atom is -0.506 e. The molecule has 0 aliphatic rings. The first kappa shape index (κ1) is 16.8. The normalized spacial score (nSPS) is 11.6. The first-order valence-electron chi connectivity index (χ1n) is 8.47. The SMILES string of the molecule is Cc1cccc2c(N=Cc3c(O)c4cccc(C)c4[nH]c3=O)cc(=O)[nH]c12. The van der Waals surface area contributed by atoms with E-state index in [1.165, 1.54) is 12.3 Å². The van der Waals surface area contributed by atoms with Crippen molar-refractivity contribution in [1.29, 1.82) is 0 Å². The first-order chi connectivity index (χ1) is 13.0. The molecule has 0 unspecified atom stereocenters. The third kappa shape index (κ3) is 2.81. The zero-order valence-corrected chi connectivity index (χ0v) is 14.8. The van der Waals surface area contributed by atoms with Gasteiger partial charge in [0.15, 0.2) is 0 Å². The summed E-state index contributed by atoms with van der Waals surface area (Å²) < 4.78 is 0. The number of nitrogens with one attached hydrogen (secondary N) is 2. The van der Waals surface area contributed by atoms with Crippen molar-refractivity contribution >= 4 is 33.7 Å². The Kier molecular flexibility index (Phi) is 3.88. The second kappa shape index (κ2) is 6.25. The molecule has 0 aliphatic heterocycles. The monoisotopic (exact) mass is 359 g/mol. The molecule has 3 N–H and O–H groups in total. The molecule has 0 radical (unpaired) electrons. The van der Waals surface area contributed by atoms with Crippen LogP contribution < -0.4 is 11.1 Å². The Morgan fingerprint density at radius 1 is 0.926 bits per heavy atom. The average molecular weight is 359 g/mol. The van der Waals surface area contributed by atoms with Crippen LogP contribution in [0.25, 0.3) is 21.8 Å². The van der Waals surface area contributed by atoms with Gasteiger partial charge in [-0.05, 0) is 31.0 Å². The Morgan fingerprint density at radius 2 is 1.56 bits per heavy atom. The van der Waals surface area contributed by atoms with Crippen LogP contribution in [0.15, 0.2) is 57.0 Å². The minimum absolute atomic E-state index is 0.0502. The number of hydrogen-bond donors (Lipinski definition) is 3. The number of nitrogens with zero attached hydrogens (tertiary/aromatic N) is 1. The van der Waals surface area contributed by atoms with Gasteiger partial charge in [0, 0.05) is 23.1 Å². The number of aromatic amines is 2. The van der Waals surface area contributed by atoms with E-state index in [2.05, 4.69) is 15.0 Å². The van der Waals surface area contributed by atoms with Crippen LogP contribution in [0.3, 0.4) is 0 Å². The second-order valence-corrected chi connectivity index (χ2v) is 6.49. The largest absolute Gasteiger partial charge is 0.506 e. The molecule has 0 atom stereocenters. The fourth-order valence-corrected chi connectivity index (χ4v) is 3.23. The molecule has 2 heterocycles. The van der Waals surface area contributed by atoms with Gasteiger partial charge in [-0.25, -0.2) is 0 Å². The molecule has 0 bridgehead atoms. The molecule has 134 valence electrons. The molecule has 6 heteroatoms. The number of para-hydroxylation sites is 2. The van der Waals surface area contributed by atoms with Gasteiger partial charge in [-0.1, -0.05) is 30.3 Å². The lowest BCUT2D eigenvalue weighted by Crippen LogP contribution is -2.13. The lowest BCUT2D eigenvalue weighted by molar-refractivity contribution is 0.479. The van der Waals surface area contributed by atoms with Crippen LogP contribution in [0.1, 0.15) is 16.7 Å². The Morgan fingerprint density at radius 3 is 2.26 bits per heavy atom.